The van der Waals surface area contributed by atoms with Crippen molar-refractivity contribution in [3.8, 4) is 11.1 Å². The Bertz CT molecular complexity index is 853. The topological polar surface area (TPSA) is 79.2 Å². The monoisotopic (exact) mass is 395 g/mol. The van der Waals surface area contributed by atoms with Crippen molar-refractivity contribution in [3.63, 3.8) is 0 Å². The summed E-state index contributed by atoms with van der Waals surface area (Å²) in [4.78, 5) is 14.1. The number of aliphatic hydroxyl groups is 2. The zero-order chi connectivity index (χ0) is 20.4. The standard InChI is InChI=1S/C23H25NO5/c1-2-11-28-22(26)21-12-15(25)13-24(21)23(27)29-14-20-18-9-5-3-7-16(18)17-8-4-6-10-19(17)20/h2-10,15,20-22,25-26H,1,11-14H2/t15-,21+,22?/m1/s1. The third kappa shape index (κ3) is 3.79. The van der Waals surface area contributed by atoms with E-state index in [0.717, 1.165) is 22.3 Å². The fourth-order valence-corrected chi connectivity index (χ4v) is 4.28. The molecule has 6 nitrogen and oxygen atoms in total. The van der Waals surface area contributed by atoms with Gasteiger partial charge in [0.2, 0.25) is 0 Å². The lowest BCUT2D eigenvalue weighted by atomic mass is 9.98. The number of rotatable bonds is 6. The first kappa shape index (κ1) is 19.6. The molecule has 2 aliphatic rings. The first-order valence-electron chi connectivity index (χ1n) is 9.80. The summed E-state index contributed by atoms with van der Waals surface area (Å²) in [5.74, 6) is -0.0423. The zero-order valence-corrected chi connectivity index (χ0v) is 16.1. The maximum absolute atomic E-state index is 12.8. The molecule has 1 heterocycles. The van der Waals surface area contributed by atoms with E-state index in [9.17, 15) is 15.0 Å². The van der Waals surface area contributed by atoms with Gasteiger partial charge in [0, 0.05) is 12.3 Å². The van der Waals surface area contributed by atoms with Crippen LogP contribution in [-0.4, -0.2) is 59.4 Å². The van der Waals surface area contributed by atoms with Crippen molar-refractivity contribution >= 4 is 6.09 Å². The van der Waals surface area contributed by atoms with Gasteiger partial charge in [0.05, 0.1) is 25.3 Å². The minimum absolute atomic E-state index is 0.0423. The van der Waals surface area contributed by atoms with Crippen LogP contribution in [0.1, 0.15) is 23.5 Å². The lowest BCUT2D eigenvalue weighted by Crippen LogP contribution is -2.44. The van der Waals surface area contributed by atoms with E-state index in [1.165, 1.54) is 11.0 Å². The molecule has 0 saturated carbocycles. The Labute approximate surface area is 170 Å². The molecular weight excluding hydrogens is 370 g/mol. The van der Waals surface area contributed by atoms with Gasteiger partial charge in [-0.15, -0.1) is 6.58 Å². The second kappa shape index (κ2) is 8.37. The number of amides is 1. The first-order chi connectivity index (χ1) is 14.1. The van der Waals surface area contributed by atoms with Gasteiger partial charge in [-0.05, 0) is 22.3 Å². The summed E-state index contributed by atoms with van der Waals surface area (Å²) >= 11 is 0. The fourth-order valence-electron chi connectivity index (χ4n) is 4.28. The number of hydrogen-bond donors (Lipinski definition) is 2. The molecule has 0 aromatic heterocycles. The molecule has 4 rings (SSSR count). The molecule has 2 N–H and O–H groups in total. The molecule has 1 unspecified atom stereocenters. The predicted molar refractivity (Wildman–Crippen MR) is 108 cm³/mol. The number of carbonyl (C=O) groups is 1. The summed E-state index contributed by atoms with van der Waals surface area (Å²) in [5.41, 5.74) is 4.58. The van der Waals surface area contributed by atoms with Crippen LogP contribution < -0.4 is 0 Å². The lowest BCUT2D eigenvalue weighted by molar-refractivity contribution is -0.126. The molecule has 1 amide bonds. The Morgan fingerprint density at radius 1 is 1.17 bits per heavy atom. The zero-order valence-electron chi connectivity index (χ0n) is 16.1. The number of β-amino-alcohol motifs (C(OH)–C–C–N with tert-alkyl or cyclic N) is 1. The van der Waals surface area contributed by atoms with Gasteiger partial charge in [0.25, 0.3) is 0 Å². The molecule has 152 valence electrons. The molecule has 2 aromatic carbocycles. The number of hydrogen-bond acceptors (Lipinski definition) is 5. The van der Waals surface area contributed by atoms with E-state index < -0.39 is 24.5 Å². The maximum atomic E-state index is 12.8. The number of fused-ring (bicyclic) bond motifs is 3. The van der Waals surface area contributed by atoms with Crippen LogP contribution in [0.15, 0.2) is 61.2 Å². The van der Waals surface area contributed by atoms with Crippen molar-refractivity contribution in [1.82, 2.24) is 4.90 Å². The third-order valence-corrected chi connectivity index (χ3v) is 5.61. The highest BCUT2D eigenvalue weighted by atomic mass is 16.6. The van der Waals surface area contributed by atoms with Crippen molar-refractivity contribution < 1.29 is 24.5 Å². The molecule has 6 heteroatoms. The van der Waals surface area contributed by atoms with Gasteiger partial charge in [-0.2, -0.15) is 0 Å². The predicted octanol–water partition coefficient (Wildman–Crippen LogP) is 2.89. The molecule has 0 bridgehead atoms. The molecule has 3 atom stereocenters. The van der Waals surface area contributed by atoms with E-state index in [1.807, 2.05) is 24.3 Å². The highest BCUT2D eigenvalue weighted by molar-refractivity contribution is 5.79. The van der Waals surface area contributed by atoms with Crippen LogP contribution in [0, 0.1) is 0 Å². The Balaban J connectivity index is 1.47. The Kier molecular flexibility index (Phi) is 5.67. The summed E-state index contributed by atoms with van der Waals surface area (Å²) in [6.45, 7) is 4.00. The number of aliphatic hydroxyl groups excluding tert-OH is 2. The molecule has 2 aromatic rings. The summed E-state index contributed by atoms with van der Waals surface area (Å²) in [7, 11) is 0. The number of ether oxygens (including phenoxy) is 2. The van der Waals surface area contributed by atoms with Crippen LogP contribution in [0.2, 0.25) is 0 Å². The van der Waals surface area contributed by atoms with Crippen molar-refractivity contribution in [2.75, 3.05) is 19.8 Å². The van der Waals surface area contributed by atoms with Gasteiger partial charge in [-0.1, -0.05) is 54.6 Å². The summed E-state index contributed by atoms with van der Waals surface area (Å²) in [6, 6.07) is 15.6. The van der Waals surface area contributed by atoms with E-state index in [0.29, 0.717) is 0 Å². The van der Waals surface area contributed by atoms with E-state index in [1.54, 1.807) is 0 Å². The minimum atomic E-state index is -1.20. The van der Waals surface area contributed by atoms with Crippen molar-refractivity contribution in [2.45, 2.75) is 30.8 Å². The number of likely N-dealkylation sites (tertiary alicyclic amines) is 1. The third-order valence-electron chi connectivity index (χ3n) is 5.61. The van der Waals surface area contributed by atoms with Crippen LogP contribution in [0.4, 0.5) is 4.79 Å². The van der Waals surface area contributed by atoms with Gasteiger partial charge in [0.1, 0.15) is 6.61 Å². The molecule has 1 fully saturated rings. The summed E-state index contributed by atoms with van der Waals surface area (Å²) in [6.07, 6.45) is -0.725. The van der Waals surface area contributed by atoms with Gasteiger partial charge >= 0.3 is 6.09 Å². The van der Waals surface area contributed by atoms with Crippen LogP contribution in [0.5, 0.6) is 0 Å². The lowest BCUT2D eigenvalue weighted by Gasteiger charge is -2.27. The molecule has 1 saturated heterocycles. The molecule has 1 aliphatic heterocycles. The second-order valence-corrected chi connectivity index (χ2v) is 7.43. The first-order valence-corrected chi connectivity index (χ1v) is 9.80. The molecule has 1 aliphatic carbocycles. The van der Waals surface area contributed by atoms with E-state index >= 15 is 0 Å². The summed E-state index contributed by atoms with van der Waals surface area (Å²) < 4.78 is 10.9. The van der Waals surface area contributed by atoms with Crippen LogP contribution in [0.3, 0.4) is 0 Å². The normalized spacial score (nSPS) is 21.5. The van der Waals surface area contributed by atoms with Gasteiger partial charge in [-0.25, -0.2) is 4.79 Å². The van der Waals surface area contributed by atoms with Gasteiger partial charge in [-0.3, -0.25) is 4.90 Å². The highest BCUT2D eigenvalue weighted by Gasteiger charge is 2.40. The van der Waals surface area contributed by atoms with E-state index in [4.69, 9.17) is 9.47 Å². The van der Waals surface area contributed by atoms with Crippen LogP contribution in [0.25, 0.3) is 11.1 Å². The van der Waals surface area contributed by atoms with Crippen molar-refractivity contribution in [2.24, 2.45) is 0 Å². The number of nitrogens with zero attached hydrogens (tertiary/aromatic N) is 1. The number of carbonyl (C=O) groups excluding carboxylic acids is 1. The van der Waals surface area contributed by atoms with Gasteiger partial charge < -0.3 is 19.7 Å². The second-order valence-electron chi connectivity index (χ2n) is 7.43. The van der Waals surface area contributed by atoms with E-state index in [2.05, 4.69) is 30.8 Å². The molecule has 0 radical (unpaired) electrons. The SMILES string of the molecule is C=CCOC(O)[C@@H]1C[C@@H](O)CN1C(=O)OCC1c2ccccc2-c2ccccc21. The minimum Gasteiger partial charge on any atom is -0.448 e. The quantitative estimate of drug-likeness (QED) is 0.581. The van der Waals surface area contributed by atoms with Crippen molar-refractivity contribution in [3.05, 3.63) is 72.3 Å². The highest BCUT2D eigenvalue weighted by Crippen LogP contribution is 2.44. The average Bonchev–Trinajstić information content (AvgIpc) is 3.29. The largest absolute Gasteiger partial charge is 0.448 e. The molecular formula is C23H25NO5. The van der Waals surface area contributed by atoms with Crippen LogP contribution >= 0.6 is 0 Å². The van der Waals surface area contributed by atoms with E-state index in [-0.39, 0.29) is 32.1 Å². The fraction of sp³-hybridized carbons (Fsp3) is 0.348. The Hall–Kier alpha value is -2.67. The molecule has 29 heavy (non-hydrogen) atoms. The Morgan fingerprint density at radius 3 is 2.41 bits per heavy atom. The molecule has 0 spiro atoms. The maximum Gasteiger partial charge on any atom is 0.410 e. The van der Waals surface area contributed by atoms with Gasteiger partial charge in [0.15, 0.2) is 6.29 Å². The number of benzene rings is 2. The summed E-state index contributed by atoms with van der Waals surface area (Å²) in [5, 5.41) is 20.2. The van der Waals surface area contributed by atoms with Crippen molar-refractivity contribution in [1.29, 1.82) is 0 Å². The average molecular weight is 395 g/mol. The van der Waals surface area contributed by atoms with Crippen LogP contribution in [-0.2, 0) is 9.47 Å². The smallest absolute Gasteiger partial charge is 0.410 e. The Morgan fingerprint density at radius 2 is 1.79 bits per heavy atom.